The van der Waals surface area contributed by atoms with Crippen LogP contribution in [0.1, 0.15) is 19.4 Å². The molecular formula is C11H19N5S. The first kappa shape index (κ1) is 13.7. The van der Waals surface area contributed by atoms with Gasteiger partial charge in [0.15, 0.2) is 5.82 Å². The van der Waals surface area contributed by atoms with Crippen LogP contribution in [-0.2, 0) is 0 Å². The average Bonchev–Trinajstić information content (AvgIpc) is 2.57. The Bertz CT molecular complexity index is 404. The molecule has 0 fully saturated rings. The predicted octanol–water partition coefficient (Wildman–Crippen LogP) is 1.60. The molecular weight excluding hydrogens is 234 g/mol. The molecule has 94 valence electrons. The lowest BCUT2D eigenvalue weighted by molar-refractivity contribution is 0.345. The molecule has 1 rings (SSSR count). The van der Waals surface area contributed by atoms with Crippen LogP contribution in [0.15, 0.2) is 0 Å². The highest BCUT2D eigenvalue weighted by Gasteiger charge is 2.18. The number of likely N-dealkylation sites (N-methyl/N-ethyl adjacent to an activating group) is 1. The number of nitrogens with one attached hydrogen (secondary N) is 1. The van der Waals surface area contributed by atoms with E-state index in [-0.39, 0.29) is 6.04 Å². The molecule has 1 aromatic heterocycles. The highest BCUT2D eigenvalue weighted by molar-refractivity contribution is 7.10. The molecule has 17 heavy (non-hydrogen) atoms. The number of hydrogen-bond acceptors (Lipinski definition) is 6. The van der Waals surface area contributed by atoms with E-state index in [0.717, 1.165) is 11.5 Å². The lowest BCUT2D eigenvalue weighted by Gasteiger charge is -2.25. The van der Waals surface area contributed by atoms with Gasteiger partial charge in [-0.05, 0) is 31.5 Å². The molecule has 0 saturated carbocycles. The predicted molar refractivity (Wildman–Crippen MR) is 72.0 cm³/mol. The van der Waals surface area contributed by atoms with Crippen LogP contribution in [0, 0.1) is 17.2 Å². The van der Waals surface area contributed by atoms with E-state index < -0.39 is 0 Å². The van der Waals surface area contributed by atoms with Crippen LogP contribution in [0.5, 0.6) is 0 Å². The molecule has 0 aromatic carbocycles. The summed E-state index contributed by atoms with van der Waals surface area (Å²) >= 11 is 1.25. The summed E-state index contributed by atoms with van der Waals surface area (Å²) in [5.41, 5.74) is 6.09. The van der Waals surface area contributed by atoms with Crippen molar-refractivity contribution in [2.24, 2.45) is 5.92 Å². The van der Waals surface area contributed by atoms with Crippen molar-refractivity contribution in [1.29, 1.82) is 5.26 Å². The maximum absolute atomic E-state index is 9.01. The molecule has 0 radical (unpaired) electrons. The largest absolute Gasteiger partial charge is 0.382 e. The van der Waals surface area contributed by atoms with E-state index in [4.69, 9.17) is 11.0 Å². The number of nitrogen functional groups attached to an aromatic ring is 1. The summed E-state index contributed by atoms with van der Waals surface area (Å²) in [4.78, 5) is 2.12. The van der Waals surface area contributed by atoms with Gasteiger partial charge in [-0.3, -0.25) is 0 Å². The third kappa shape index (κ3) is 3.58. The number of rotatable bonds is 5. The number of nitriles is 1. The van der Waals surface area contributed by atoms with Gasteiger partial charge >= 0.3 is 0 Å². The smallest absolute Gasteiger partial charge is 0.157 e. The molecule has 0 aliphatic rings. The molecule has 0 aliphatic carbocycles. The summed E-state index contributed by atoms with van der Waals surface area (Å²) in [6, 6.07) is 2.36. The Labute approximate surface area is 106 Å². The Morgan fingerprint density at radius 2 is 2.18 bits per heavy atom. The first-order valence-electron chi connectivity index (χ1n) is 5.52. The minimum Gasteiger partial charge on any atom is -0.382 e. The van der Waals surface area contributed by atoms with Crippen LogP contribution in [0.25, 0.3) is 0 Å². The Morgan fingerprint density at radius 1 is 1.53 bits per heavy atom. The van der Waals surface area contributed by atoms with Crippen molar-refractivity contribution in [3.05, 3.63) is 5.56 Å². The fourth-order valence-corrected chi connectivity index (χ4v) is 2.22. The first-order valence-corrected chi connectivity index (χ1v) is 6.29. The van der Waals surface area contributed by atoms with Crippen molar-refractivity contribution in [2.75, 3.05) is 31.7 Å². The lowest BCUT2D eigenvalue weighted by atomic mass is 10.0. The van der Waals surface area contributed by atoms with Crippen molar-refractivity contribution < 1.29 is 0 Å². The monoisotopic (exact) mass is 253 g/mol. The van der Waals surface area contributed by atoms with Crippen molar-refractivity contribution in [3.8, 4) is 6.07 Å². The van der Waals surface area contributed by atoms with E-state index in [1.807, 2.05) is 14.1 Å². The highest BCUT2D eigenvalue weighted by atomic mass is 32.1. The van der Waals surface area contributed by atoms with Crippen LogP contribution in [0.3, 0.4) is 0 Å². The van der Waals surface area contributed by atoms with Gasteiger partial charge in [-0.1, -0.05) is 13.8 Å². The summed E-state index contributed by atoms with van der Waals surface area (Å²) in [5.74, 6) is 0.777. The quantitative estimate of drug-likeness (QED) is 0.833. The molecule has 0 amide bonds. The zero-order valence-electron chi connectivity index (χ0n) is 10.7. The second kappa shape index (κ2) is 5.84. The molecule has 3 N–H and O–H groups in total. The van der Waals surface area contributed by atoms with Crippen LogP contribution in [0.4, 0.5) is 10.8 Å². The van der Waals surface area contributed by atoms with Gasteiger partial charge in [0.05, 0.1) is 0 Å². The fourth-order valence-electron chi connectivity index (χ4n) is 1.49. The zero-order chi connectivity index (χ0) is 13.0. The van der Waals surface area contributed by atoms with E-state index in [1.54, 1.807) is 0 Å². The van der Waals surface area contributed by atoms with Gasteiger partial charge < -0.3 is 16.0 Å². The van der Waals surface area contributed by atoms with Gasteiger partial charge in [0.1, 0.15) is 16.6 Å². The minimum atomic E-state index is 0.275. The third-order valence-corrected chi connectivity index (χ3v) is 3.31. The zero-order valence-corrected chi connectivity index (χ0v) is 11.5. The van der Waals surface area contributed by atoms with Gasteiger partial charge in [0.25, 0.3) is 0 Å². The SMILES string of the molecule is CC(C)C(CN(C)C)Nc1snc(N)c1C#N. The van der Waals surface area contributed by atoms with Gasteiger partial charge in [-0.2, -0.15) is 9.64 Å². The number of hydrogen-bond donors (Lipinski definition) is 2. The second-order valence-corrected chi connectivity index (χ2v) is 5.41. The van der Waals surface area contributed by atoms with Gasteiger partial charge in [0, 0.05) is 12.6 Å². The van der Waals surface area contributed by atoms with E-state index >= 15 is 0 Å². The van der Waals surface area contributed by atoms with E-state index in [9.17, 15) is 0 Å². The summed E-state index contributed by atoms with van der Waals surface area (Å²) < 4.78 is 4.00. The molecule has 6 heteroatoms. The Hall–Kier alpha value is -1.32. The van der Waals surface area contributed by atoms with Crippen LogP contribution >= 0.6 is 11.5 Å². The maximum atomic E-state index is 9.01. The van der Waals surface area contributed by atoms with Gasteiger partial charge in [-0.25, -0.2) is 0 Å². The summed E-state index contributed by atoms with van der Waals surface area (Å²) in [7, 11) is 4.06. The van der Waals surface area contributed by atoms with Crippen LogP contribution in [-0.4, -0.2) is 36.0 Å². The third-order valence-electron chi connectivity index (χ3n) is 2.51. The molecule has 0 bridgehead atoms. The molecule has 0 saturated heterocycles. The standard InChI is InChI=1S/C11H19N5S/c1-7(2)9(6-16(3)4)14-11-8(5-12)10(13)15-17-11/h7,9,14H,6H2,1-4H3,(H2,13,15). The number of nitrogens with two attached hydrogens (primary N) is 1. The molecule has 0 aliphatic heterocycles. The topological polar surface area (TPSA) is 78.0 Å². The van der Waals surface area contributed by atoms with Crippen LogP contribution < -0.4 is 11.1 Å². The molecule has 1 aromatic rings. The van der Waals surface area contributed by atoms with Gasteiger partial charge in [-0.15, -0.1) is 0 Å². The Balaban J connectivity index is 2.83. The highest BCUT2D eigenvalue weighted by Crippen LogP contribution is 2.27. The van der Waals surface area contributed by atoms with E-state index in [0.29, 0.717) is 17.3 Å². The summed E-state index contributed by atoms with van der Waals surface area (Å²) in [5, 5.41) is 13.1. The maximum Gasteiger partial charge on any atom is 0.157 e. The summed E-state index contributed by atoms with van der Waals surface area (Å²) in [6.07, 6.45) is 0. The van der Waals surface area contributed by atoms with E-state index in [2.05, 4.69) is 34.5 Å². The van der Waals surface area contributed by atoms with Crippen molar-refractivity contribution in [3.63, 3.8) is 0 Å². The fraction of sp³-hybridized carbons (Fsp3) is 0.636. The second-order valence-electron chi connectivity index (χ2n) is 4.64. The lowest BCUT2D eigenvalue weighted by Crippen LogP contribution is -2.36. The summed E-state index contributed by atoms with van der Waals surface area (Å²) in [6.45, 7) is 5.20. The number of anilines is 2. The van der Waals surface area contributed by atoms with Crippen molar-refractivity contribution in [2.45, 2.75) is 19.9 Å². The molecule has 0 spiro atoms. The first-order chi connectivity index (χ1) is 7.95. The normalized spacial score (nSPS) is 12.8. The van der Waals surface area contributed by atoms with Crippen LogP contribution in [0.2, 0.25) is 0 Å². The number of nitrogens with zero attached hydrogens (tertiary/aromatic N) is 3. The van der Waals surface area contributed by atoms with E-state index in [1.165, 1.54) is 11.5 Å². The van der Waals surface area contributed by atoms with Crippen molar-refractivity contribution in [1.82, 2.24) is 9.27 Å². The molecule has 1 atom stereocenters. The molecule has 1 unspecified atom stereocenters. The van der Waals surface area contributed by atoms with Gasteiger partial charge in [0.2, 0.25) is 0 Å². The number of aromatic nitrogens is 1. The molecule has 1 heterocycles. The minimum absolute atomic E-state index is 0.275. The molecule has 5 nitrogen and oxygen atoms in total. The average molecular weight is 253 g/mol. The Morgan fingerprint density at radius 3 is 2.65 bits per heavy atom. The Kier molecular flexibility index (Phi) is 4.73. The van der Waals surface area contributed by atoms with Crippen molar-refractivity contribution >= 4 is 22.4 Å².